The Kier molecular flexibility index (Phi) is 7.84. The van der Waals surface area contributed by atoms with E-state index in [-0.39, 0.29) is 12.5 Å². The molecule has 1 unspecified atom stereocenters. The lowest BCUT2D eigenvalue weighted by Gasteiger charge is -2.42. The largest absolute Gasteiger partial charge is 0.368 e. The van der Waals surface area contributed by atoms with Crippen LogP contribution in [0.4, 0.5) is 0 Å². The molecule has 1 fully saturated rings. The van der Waals surface area contributed by atoms with Crippen LogP contribution in [0.25, 0.3) is 0 Å². The molecule has 0 spiro atoms. The second-order valence-electron chi connectivity index (χ2n) is 7.83. The number of amides is 2. The summed E-state index contributed by atoms with van der Waals surface area (Å²) in [7, 11) is 1.82. The minimum atomic E-state index is -0.562. The third kappa shape index (κ3) is 6.25. The van der Waals surface area contributed by atoms with Gasteiger partial charge in [-0.25, -0.2) is 0 Å². The molecule has 0 aliphatic carbocycles. The van der Waals surface area contributed by atoms with Crippen molar-refractivity contribution in [2.75, 3.05) is 26.7 Å². The first kappa shape index (κ1) is 21.7. The molecular formula is C21H33N5O2. The number of nitrogens with one attached hydrogen (secondary N) is 2. The van der Waals surface area contributed by atoms with Gasteiger partial charge in [-0.05, 0) is 42.4 Å². The fourth-order valence-electron chi connectivity index (χ4n) is 3.86. The Balaban J connectivity index is 1.91. The predicted octanol–water partition coefficient (Wildman–Crippen LogP) is 1.88. The van der Waals surface area contributed by atoms with Crippen LogP contribution in [0.1, 0.15) is 55.5 Å². The highest BCUT2D eigenvalue weighted by molar-refractivity contribution is 5.96. The van der Waals surface area contributed by atoms with Crippen LogP contribution >= 0.6 is 0 Å². The molecule has 154 valence electrons. The Morgan fingerprint density at radius 2 is 1.96 bits per heavy atom. The van der Waals surface area contributed by atoms with Crippen molar-refractivity contribution in [1.29, 1.82) is 0 Å². The monoisotopic (exact) mass is 387 g/mol. The van der Waals surface area contributed by atoms with Gasteiger partial charge in [-0.15, -0.1) is 0 Å². The normalized spacial score (nSPS) is 20.0. The second-order valence-corrected chi connectivity index (χ2v) is 7.83. The number of carbonyl (C=O) groups is 2. The summed E-state index contributed by atoms with van der Waals surface area (Å²) in [6.45, 7) is 7.15. The first-order valence-electron chi connectivity index (χ1n) is 9.98. The van der Waals surface area contributed by atoms with Crippen LogP contribution in [0.2, 0.25) is 0 Å². The number of hydrogen-bond acceptors (Lipinski definition) is 3. The number of benzene rings is 1. The first-order chi connectivity index (χ1) is 13.4. The molecule has 7 nitrogen and oxygen atoms in total. The maximum absolute atomic E-state index is 11.9. The lowest BCUT2D eigenvalue weighted by Crippen LogP contribution is -2.49. The summed E-state index contributed by atoms with van der Waals surface area (Å²) in [6, 6.07) is 7.29. The van der Waals surface area contributed by atoms with Crippen LogP contribution in [0.15, 0.2) is 29.3 Å². The number of primary amides is 1. The molecule has 1 aliphatic heterocycles. The third-order valence-electron chi connectivity index (χ3n) is 5.24. The highest BCUT2D eigenvalue weighted by Crippen LogP contribution is 2.33. The molecule has 1 aliphatic rings. The number of guanidine groups is 1. The first-order valence-corrected chi connectivity index (χ1v) is 9.98. The summed E-state index contributed by atoms with van der Waals surface area (Å²) < 4.78 is 0. The maximum Gasteiger partial charge on any atom is 0.251 e. The van der Waals surface area contributed by atoms with E-state index in [1.807, 2.05) is 19.2 Å². The molecule has 2 amide bonds. The molecule has 0 radical (unpaired) electrons. The van der Waals surface area contributed by atoms with Crippen molar-refractivity contribution in [3.8, 4) is 0 Å². The fraction of sp³-hybridized carbons (Fsp3) is 0.571. The molecule has 7 heteroatoms. The average Bonchev–Trinajstić information content (AvgIpc) is 2.67. The van der Waals surface area contributed by atoms with Gasteiger partial charge < -0.3 is 21.3 Å². The SMILES string of the molecule is CCCC1(C)CCCN(C(=NC)NCc2ccc(C(=O)NCC(N)=O)cc2)C1. The zero-order valence-electron chi connectivity index (χ0n) is 17.3. The topological polar surface area (TPSA) is 99.8 Å². The van der Waals surface area contributed by atoms with Gasteiger partial charge in [0, 0.05) is 32.2 Å². The Morgan fingerprint density at radius 1 is 1.25 bits per heavy atom. The van der Waals surface area contributed by atoms with E-state index in [9.17, 15) is 9.59 Å². The number of nitrogens with zero attached hydrogens (tertiary/aromatic N) is 2. The van der Waals surface area contributed by atoms with E-state index in [1.54, 1.807) is 12.1 Å². The van der Waals surface area contributed by atoms with Crippen LogP contribution in [0.3, 0.4) is 0 Å². The number of rotatable bonds is 7. The van der Waals surface area contributed by atoms with Crippen LogP contribution in [-0.2, 0) is 11.3 Å². The predicted molar refractivity (Wildman–Crippen MR) is 112 cm³/mol. The Labute approximate surface area is 167 Å². The van der Waals surface area contributed by atoms with Crippen LogP contribution in [0, 0.1) is 5.41 Å². The number of carbonyl (C=O) groups excluding carboxylic acids is 2. The number of hydrogen-bond donors (Lipinski definition) is 3. The van der Waals surface area contributed by atoms with E-state index < -0.39 is 5.91 Å². The molecule has 2 rings (SSSR count). The molecular weight excluding hydrogens is 354 g/mol. The van der Waals surface area contributed by atoms with Gasteiger partial charge in [-0.3, -0.25) is 14.6 Å². The third-order valence-corrected chi connectivity index (χ3v) is 5.24. The van der Waals surface area contributed by atoms with E-state index in [2.05, 4.69) is 34.4 Å². The van der Waals surface area contributed by atoms with E-state index in [0.717, 1.165) is 24.6 Å². The minimum absolute atomic E-state index is 0.161. The Hall–Kier alpha value is -2.57. The van der Waals surface area contributed by atoms with Gasteiger partial charge in [0.25, 0.3) is 5.91 Å². The van der Waals surface area contributed by atoms with Crippen molar-refractivity contribution >= 4 is 17.8 Å². The summed E-state index contributed by atoms with van der Waals surface area (Å²) in [5.74, 6) is 0.0521. The van der Waals surface area contributed by atoms with Crippen LogP contribution < -0.4 is 16.4 Å². The zero-order chi connectivity index (χ0) is 20.6. The second kappa shape index (κ2) is 10.1. The molecule has 1 heterocycles. The van der Waals surface area contributed by atoms with Crippen molar-refractivity contribution in [3.63, 3.8) is 0 Å². The lowest BCUT2D eigenvalue weighted by molar-refractivity contribution is -0.117. The number of likely N-dealkylation sites (tertiary alicyclic amines) is 1. The Morgan fingerprint density at radius 3 is 2.57 bits per heavy atom. The summed E-state index contributed by atoms with van der Waals surface area (Å²) in [5, 5.41) is 5.92. The molecule has 0 aromatic heterocycles. The van der Waals surface area contributed by atoms with E-state index in [0.29, 0.717) is 17.5 Å². The maximum atomic E-state index is 11.9. The van der Waals surface area contributed by atoms with Gasteiger partial charge in [0.15, 0.2) is 5.96 Å². The minimum Gasteiger partial charge on any atom is -0.368 e. The lowest BCUT2D eigenvalue weighted by atomic mass is 9.78. The standard InChI is InChI=1S/C21H33N5O2/c1-4-10-21(2)11-5-12-26(15-21)20(23-3)25-13-16-6-8-17(9-7-16)19(28)24-14-18(22)27/h6-9H,4-5,10-15H2,1-3H3,(H2,22,27)(H,23,25)(H,24,28). The van der Waals surface area contributed by atoms with Gasteiger partial charge in [0.1, 0.15) is 0 Å². The highest BCUT2D eigenvalue weighted by atomic mass is 16.2. The van der Waals surface area contributed by atoms with E-state index >= 15 is 0 Å². The molecule has 4 N–H and O–H groups in total. The van der Waals surface area contributed by atoms with Crippen molar-refractivity contribution in [2.24, 2.45) is 16.1 Å². The summed E-state index contributed by atoms with van der Waals surface area (Å²) >= 11 is 0. The zero-order valence-corrected chi connectivity index (χ0v) is 17.3. The van der Waals surface area contributed by atoms with Gasteiger partial charge in [0.2, 0.25) is 5.91 Å². The summed E-state index contributed by atoms with van der Waals surface area (Å²) in [4.78, 5) is 29.5. The van der Waals surface area contributed by atoms with Crippen LogP contribution in [0.5, 0.6) is 0 Å². The molecule has 28 heavy (non-hydrogen) atoms. The molecule has 1 aromatic carbocycles. The summed E-state index contributed by atoms with van der Waals surface area (Å²) in [6.07, 6.45) is 4.90. The number of piperidine rings is 1. The van der Waals surface area contributed by atoms with E-state index in [4.69, 9.17) is 5.73 Å². The van der Waals surface area contributed by atoms with Crippen molar-refractivity contribution in [1.82, 2.24) is 15.5 Å². The van der Waals surface area contributed by atoms with Crippen molar-refractivity contribution in [3.05, 3.63) is 35.4 Å². The van der Waals surface area contributed by atoms with E-state index in [1.165, 1.54) is 25.7 Å². The molecule has 1 aromatic rings. The highest BCUT2D eigenvalue weighted by Gasteiger charge is 2.31. The molecule has 0 saturated carbocycles. The van der Waals surface area contributed by atoms with Gasteiger partial charge in [-0.1, -0.05) is 32.4 Å². The quantitative estimate of drug-likeness (QED) is 0.491. The molecule has 1 atom stereocenters. The van der Waals surface area contributed by atoms with Crippen LogP contribution in [-0.4, -0.2) is 49.4 Å². The fourth-order valence-corrected chi connectivity index (χ4v) is 3.86. The Bertz CT molecular complexity index is 697. The number of aliphatic imine (C=N–C) groups is 1. The van der Waals surface area contributed by atoms with Gasteiger partial charge in [0.05, 0.1) is 6.54 Å². The smallest absolute Gasteiger partial charge is 0.251 e. The van der Waals surface area contributed by atoms with Gasteiger partial charge >= 0.3 is 0 Å². The molecule has 0 bridgehead atoms. The number of nitrogens with two attached hydrogens (primary N) is 1. The van der Waals surface area contributed by atoms with Crippen molar-refractivity contribution in [2.45, 2.75) is 46.1 Å². The molecule has 1 saturated heterocycles. The van der Waals surface area contributed by atoms with Gasteiger partial charge in [-0.2, -0.15) is 0 Å². The van der Waals surface area contributed by atoms with Crippen molar-refractivity contribution < 1.29 is 9.59 Å². The average molecular weight is 388 g/mol. The summed E-state index contributed by atoms with van der Waals surface area (Å²) in [5.41, 5.74) is 6.95.